The lowest BCUT2D eigenvalue weighted by Crippen LogP contribution is -2.27. The van der Waals surface area contributed by atoms with Gasteiger partial charge in [-0.1, -0.05) is 48.5 Å². The summed E-state index contributed by atoms with van der Waals surface area (Å²) >= 11 is 0. The molecule has 0 aliphatic heterocycles. The number of carbonyl (C=O) groups excluding carboxylic acids is 2. The first-order valence-corrected chi connectivity index (χ1v) is 9.62. The van der Waals surface area contributed by atoms with Crippen molar-refractivity contribution in [1.82, 2.24) is 20.3 Å². The van der Waals surface area contributed by atoms with E-state index < -0.39 is 5.91 Å². The van der Waals surface area contributed by atoms with Crippen LogP contribution in [0.1, 0.15) is 50.2 Å². The molecule has 0 saturated heterocycles. The Hall–Kier alpha value is -3.48. The highest BCUT2D eigenvalue weighted by Gasteiger charge is 2.16. The molecule has 0 aliphatic carbocycles. The van der Waals surface area contributed by atoms with E-state index in [1.165, 1.54) is 5.56 Å². The Morgan fingerprint density at radius 3 is 2.48 bits per heavy atom. The molecule has 0 atom stereocenters. The van der Waals surface area contributed by atoms with Gasteiger partial charge >= 0.3 is 0 Å². The Morgan fingerprint density at radius 2 is 1.79 bits per heavy atom. The standard InChI is InChI=1S/C22H25N5O2/c1-3-16-7-9-18(10-8-16)14-27-15(2)20(25-26-27)22(29)24-12-11-17-5-4-6-19(13-17)21(23)28/h4-10,13H,3,11-12,14H2,1-2H3,(H2,23,28)(H,24,29). The first-order chi connectivity index (χ1) is 14.0. The summed E-state index contributed by atoms with van der Waals surface area (Å²) in [6, 6.07) is 15.4. The molecule has 7 heteroatoms. The number of carbonyl (C=O) groups is 2. The molecule has 0 spiro atoms. The lowest BCUT2D eigenvalue weighted by molar-refractivity contribution is 0.0946. The highest BCUT2D eigenvalue weighted by molar-refractivity contribution is 5.93. The lowest BCUT2D eigenvalue weighted by atomic mass is 10.1. The van der Waals surface area contributed by atoms with Gasteiger partial charge in [0, 0.05) is 12.1 Å². The van der Waals surface area contributed by atoms with Crippen LogP contribution in [0.5, 0.6) is 0 Å². The second kappa shape index (κ2) is 9.14. The molecule has 0 fully saturated rings. The Kier molecular flexibility index (Phi) is 6.39. The number of primary amides is 1. The Bertz CT molecular complexity index is 1010. The van der Waals surface area contributed by atoms with E-state index in [-0.39, 0.29) is 5.91 Å². The van der Waals surface area contributed by atoms with Gasteiger partial charge in [0.1, 0.15) is 0 Å². The summed E-state index contributed by atoms with van der Waals surface area (Å²) in [5, 5.41) is 11.0. The van der Waals surface area contributed by atoms with Gasteiger partial charge in [0.2, 0.25) is 5.91 Å². The normalized spacial score (nSPS) is 10.7. The zero-order chi connectivity index (χ0) is 20.8. The van der Waals surface area contributed by atoms with Crippen LogP contribution < -0.4 is 11.1 Å². The summed E-state index contributed by atoms with van der Waals surface area (Å²) < 4.78 is 1.73. The molecule has 3 N–H and O–H groups in total. The summed E-state index contributed by atoms with van der Waals surface area (Å²) in [7, 11) is 0. The van der Waals surface area contributed by atoms with Crippen molar-refractivity contribution in [3.63, 3.8) is 0 Å². The lowest BCUT2D eigenvalue weighted by Gasteiger charge is -2.07. The van der Waals surface area contributed by atoms with E-state index in [9.17, 15) is 9.59 Å². The molecule has 0 aliphatic rings. The fourth-order valence-electron chi connectivity index (χ4n) is 3.06. The maximum absolute atomic E-state index is 12.5. The molecule has 1 aromatic heterocycles. The molecule has 2 amide bonds. The molecule has 7 nitrogen and oxygen atoms in total. The van der Waals surface area contributed by atoms with Gasteiger partial charge in [-0.25, -0.2) is 4.68 Å². The van der Waals surface area contributed by atoms with E-state index in [2.05, 4.69) is 46.8 Å². The summed E-state index contributed by atoms with van der Waals surface area (Å²) in [4.78, 5) is 23.7. The molecule has 2 aromatic carbocycles. The molecule has 0 saturated carbocycles. The van der Waals surface area contributed by atoms with Gasteiger partial charge in [-0.15, -0.1) is 5.10 Å². The van der Waals surface area contributed by atoms with Crippen LogP contribution in [0.4, 0.5) is 0 Å². The van der Waals surface area contributed by atoms with E-state index in [4.69, 9.17) is 5.73 Å². The number of rotatable bonds is 8. The van der Waals surface area contributed by atoms with E-state index in [0.717, 1.165) is 23.2 Å². The number of benzene rings is 2. The Morgan fingerprint density at radius 1 is 1.07 bits per heavy atom. The van der Waals surface area contributed by atoms with Crippen LogP contribution in [0, 0.1) is 6.92 Å². The number of nitrogens with one attached hydrogen (secondary N) is 1. The third-order valence-electron chi connectivity index (χ3n) is 4.87. The largest absolute Gasteiger partial charge is 0.366 e. The molecule has 3 aromatic rings. The predicted octanol–water partition coefficient (Wildman–Crippen LogP) is 2.27. The molecular formula is C22H25N5O2. The van der Waals surface area contributed by atoms with E-state index in [0.29, 0.717) is 30.8 Å². The van der Waals surface area contributed by atoms with Gasteiger partial charge in [0.05, 0.1) is 12.2 Å². The maximum Gasteiger partial charge on any atom is 0.273 e. The van der Waals surface area contributed by atoms with Gasteiger partial charge in [0.15, 0.2) is 5.69 Å². The first-order valence-electron chi connectivity index (χ1n) is 9.62. The fourth-order valence-corrected chi connectivity index (χ4v) is 3.06. The van der Waals surface area contributed by atoms with Gasteiger partial charge in [0.25, 0.3) is 5.91 Å². The van der Waals surface area contributed by atoms with Crippen LogP contribution in [0.3, 0.4) is 0 Å². The summed E-state index contributed by atoms with van der Waals surface area (Å²) in [6.07, 6.45) is 1.59. The van der Waals surface area contributed by atoms with Gasteiger partial charge in [-0.3, -0.25) is 9.59 Å². The van der Waals surface area contributed by atoms with Gasteiger partial charge in [-0.2, -0.15) is 0 Å². The predicted molar refractivity (Wildman–Crippen MR) is 111 cm³/mol. The van der Waals surface area contributed by atoms with Crippen molar-refractivity contribution in [1.29, 1.82) is 0 Å². The monoisotopic (exact) mass is 391 g/mol. The maximum atomic E-state index is 12.5. The number of hydrogen-bond acceptors (Lipinski definition) is 4. The minimum Gasteiger partial charge on any atom is -0.366 e. The zero-order valence-electron chi connectivity index (χ0n) is 16.7. The van der Waals surface area contributed by atoms with E-state index >= 15 is 0 Å². The van der Waals surface area contributed by atoms with Crippen LogP contribution >= 0.6 is 0 Å². The number of aromatic nitrogens is 3. The van der Waals surface area contributed by atoms with Crippen LogP contribution in [0.15, 0.2) is 48.5 Å². The minimum atomic E-state index is -0.465. The van der Waals surface area contributed by atoms with Crippen molar-refractivity contribution in [2.75, 3.05) is 6.54 Å². The quantitative estimate of drug-likeness (QED) is 0.615. The molecule has 0 bridgehead atoms. The topological polar surface area (TPSA) is 103 Å². The highest BCUT2D eigenvalue weighted by atomic mass is 16.2. The zero-order valence-corrected chi connectivity index (χ0v) is 16.7. The summed E-state index contributed by atoms with van der Waals surface area (Å²) in [6.45, 7) is 4.95. The Labute approximate surface area is 169 Å². The van der Waals surface area contributed by atoms with Crippen molar-refractivity contribution in [2.45, 2.75) is 33.2 Å². The van der Waals surface area contributed by atoms with Crippen LogP contribution in [-0.4, -0.2) is 33.4 Å². The molecule has 1 heterocycles. The van der Waals surface area contributed by atoms with E-state index in [1.807, 2.05) is 13.0 Å². The molecule has 29 heavy (non-hydrogen) atoms. The molecule has 0 radical (unpaired) electrons. The van der Waals surface area contributed by atoms with Gasteiger partial charge < -0.3 is 11.1 Å². The van der Waals surface area contributed by atoms with Gasteiger partial charge in [-0.05, 0) is 48.6 Å². The number of aryl methyl sites for hydroxylation is 1. The summed E-state index contributed by atoms with van der Waals surface area (Å²) in [5.74, 6) is -0.728. The second-order valence-corrected chi connectivity index (χ2v) is 6.92. The highest BCUT2D eigenvalue weighted by Crippen LogP contribution is 2.10. The molecule has 150 valence electrons. The molecule has 0 unspecified atom stereocenters. The number of amides is 2. The minimum absolute atomic E-state index is 0.263. The van der Waals surface area contributed by atoms with Crippen molar-refractivity contribution in [3.05, 3.63) is 82.2 Å². The van der Waals surface area contributed by atoms with Crippen molar-refractivity contribution < 1.29 is 9.59 Å². The second-order valence-electron chi connectivity index (χ2n) is 6.92. The first kappa shape index (κ1) is 20.3. The molecular weight excluding hydrogens is 366 g/mol. The average molecular weight is 391 g/mol. The molecule has 3 rings (SSSR count). The fraction of sp³-hybridized carbons (Fsp3) is 0.273. The number of nitrogens with zero attached hydrogens (tertiary/aromatic N) is 3. The van der Waals surface area contributed by atoms with Crippen LogP contribution in [-0.2, 0) is 19.4 Å². The number of nitrogens with two attached hydrogens (primary N) is 1. The summed E-state index contributed by atoms with van der Waals surface area (Å²) in [5.41, 5.74) is 10.1. The Balaban J connectivity index is 1.58. The number of hydrogen-bond donors (Lipinski definition) is 2. The van der Waals surface area contributed by atoms with Crippen molar-refractivity contribution >= 4 is 11.8 Å². The van der Waals surface area contributed by atoms with Crippen molar-refractivity contribution in [3.8, 4) is 0 Å². The van der Waals surface area contributed by atoms with Crippen LogP contribution in [0.2, 0.25) is 0 Å². The SMILES string of the molecule is CCc1ccc(Cn2nnc(C(=O)NCCc3cccc(C(N)=O)c3)c2C)cc1. The van der Waals surface area contributed by atoms with Crippen molar-refractivity contribution in [2.24, 2.45) is 5.73 Å². The third-order valence-corrected chi connectivity index (χ3v) is 4.87. The van der Waals surface area contributed by atoms with Crippen LogP contribution in [0.25, 0.3) is 0 Å². The smallest absolute Gasteiger partial charge is 0.273 e. The average Bonchev–Trinajstić information content (AvgIpc) is 3.09. The van der Waals surface area contributed by atoms with E-state index in [1.54, 1.807) is 22.9 Å². The third kappa shape index (κ3) is 5.07.